The first-order valence-electron chi connectivity index (χ1n) is 5.80. The van der Waals surface area contributed by atoms with Crippen LogP contribution in [0.3, 0.4) is 0 Å². The molecule has 2 aliphatic heterocycles. The van der Waals surface area contributed by atoms with Crippen LogP contribution < -0.4 is 2.95 Å². The first kappa shape index (κ1) is 13.4. The summed E-state index contributed by atoms with van der Waals surface area (Å²) >= 11 is 10.5. The molecule has 2 atom stereocenters. The minimum absolute atomic E-state index is 0.384. The second kappa shape index (κ2) is 5.40. The predicted molar refractivity (Wildman–Crippen MR) is 81.4 cm³/mol. The summed E-state index contributed by atoms with van der Waals surface area (Å²) in [6.07, 6.45) is 2.75. The van der Waals surface area contributed by atoms with E-state index in [4.69, 9.17) is 9.47 Å². The van der Waals surface area contributed by atoms with Gasteiger partial charge >= 0.3 is 0 Å². The Morgan fingerprint density at radius 3 is 2.28 bits per heavy atom. The van der Waals surface area contributed by atoms with E-state index >= 15 is 0 Å². The standard InChI is InChI=1S/C12H12Br3NO2/c13-12-10(4-9-6-18-9)7(3-8-5-17-8)1-2-11(12)16(14)15/h1-2,8-9H,3-6H2. The number of nitrogens with zero attached hydrogens (tertiary/aromatic N) is 1. The lowest BCUT2D eigenvalue weighted by Crippen LogP contribution is -2.06. The fraction of sp³-hybridized carbons (Fsp3) is 0.500. The van der Waals surface area contributed by atoms with E-state index in [1.165, 1.54) is 11.1 Å². The van der Waals surface area contributed by atoms with Crippen LogP contribution in [-0.4, -0.2) is 25.4 Å². The maximum Gasteiger partial charge on any atom is 0.0850 e. The lowest BCUT2D eigenvalue weighted by molar-refractivity contribution is 0.401. The highest BCUT2D eigenvalue weighted by Crippen LogP contribution is 2.38. The molecule has 2 aliphatic rings. The van der Waals surface area contributed by atoms with Gasteiger partial charge in [0.1, 0.15) is 0 Å². The van der Waals surface area contributed by atoms with Crippen molar-refractivity contribution in [3.63, 3.8) is 0 Å². The fourth-order valence-electron chi connectivity index (χ4n) is 2.04. The second-order valence-corrected chi connectivity index (χ2v) is 7.75. The summed E-state index contributed by atoms with van der Waals surface area (Å²) in [6, 6.07) is 4.26. The maximum absolute atomic E-state index is 5.35. The highest BCUT2D eigenvalue weighted by molar-refractivity contribution is 9.25. The Hall–Kier alpha value is 0.380. The van der Waals surface area contributed by atoms with E-state index in [-0.39, 0.29) is 0 Å². The second-order valence-electron chi connectivity index (χ2n) is 4.59. The molecule has 2 heterocycles. The number of halogens is 3. The van der Waals surface area contributed by atoms with Gasteiger partial charge in [-0.3, -0.25) is 0 Å². The number of benzene rings is 1. The van der Waals surface area contributed by atoms with Gasteiger partial charge in [-0.05, 0) is 33.1 Å². The summed E-state index contributed by atoms with van der Waals surface area (Å²) < 4.78 is 13.6. The van der Waals surface area contributed by atoms with Crippen molar-refractivity contribution < 1.29 is 9.47 Å². The van der Waals surface area contributed by atoms with Gasteiger partial charge in [0.05, 0.1) is 63.4 Å². The third-order valence-corrected chi connectivity index (χ3v) is 4.84. The number of epoxide rings is 2. The monoisotopic (exact) mass is 439 g/mol. The van der Waals surface area contributed by atoms with E-state index in [1.807, 2.05) is 0 Å². The van der Waals surface area contributed by atoms with Gasteiger partial charge in [0.2, 0.25) is 0 Å². The molecule has 0 N–H and O–H groups in total. The first-order valence-corrected chi connectivity index (χ1v) is 8.01. The van der Waals surface area contributed by atoms with Crippen molar-refractivity contribution in [1.82, 2.24) is 0 Å². The quantitative estimate of drug-likeness (QED) is 0.514. The Bertz CT molecular complexity index is 459. The molecule has 2 unspecified atom stereocenters. The average molecular weight is 442 g/mol. The number of hydrogen-bond acceptors (Lipinski definition) is 3. The van der Waals surface area contributed by atoms with Crippen molar-refractivity contribution in [2.75, 3.05) is 16.2 Å². The molecule has 1 aromatic rings. The number of rotatable bonds is 5. The molecule has 0 bridgehead atoms. The molecule has 6 heteroatoms. The SMILES string of the molecule is Brc1c(N(Br)Br)ccc(CC2CO2)c1CC1CO1. The molecule has 18 heavy (non-hydrogen) atoms. The zero-order valence-electron chi connectivity index (χ0n) is 9.54. The Morgan fingerprint density at radius 1 is 1.11 bits per heavy atom. The molecule has 0 spiro atoms. The maximum atomic E-state index is 5.35. The summed E-state index contributed by atoms with van der Waals surface area (Å²) in [5.74, 6) is 0. The van der Waals surface area contributed by atoms with E-state index in [0.29, 0.717) is 12.2 Å². The van der Waals surface area contributed by atoms with Crippen LogP contribution in [-0.2, 0) is 22.3 Å². The van der Waals surface area contributed by atoms with Gasteiger partial charge in [0, 0.05) is 17.3 Å². The van der Waals surface area contributed by atoms with Crippen molar-refractivity contribution in [3.05, 3.63) is 27.7 Å². The highest BCUT2D eigenvalue weighted by Gasteiger charge is 2.29. The van der Waals surface area contributed by atoms with Gasteiger partial charge < -0.3 is 9.47 Å². The van der Waals surface area contributed by atoms with Gasteiger partial charge in [-0.2, -0.15) is 0 Å². The van der Waals surface area contributed by atoms with Gasteiger partial charge in [-0.15, -0.1) is 0 Å². The summed E-state index contributed by atoms with van der Waals surface area (Å²) in [4.78, 5) is 0. The zero-order valence-corrected chi connectivity index (χ0v) is 14.3. The molecule has 0 saturated carbocycles. The summed E-state index contributed by atoms with van der Waals surface area (Å²) in [5, 5.41) is 0. The van der Waals surface area contributed by atoms with Crippen molar-refractivity contribution in [1.29, 1.82) is 0 Å². The molecule has 0 radical (unpaired) electrons. The van der Waals surface area contributed by atoms with Crippen LogP contribution in [0.1, 0.15) is 11.1 Å². The summed E-state index contributed by atoms with van der Waals surface area (Å²) in [5.41, 5.74) is 3.74. The fourth-order valence-corrected chi connectivity index (χ4v) is 3.83. The summed E-state index contributed by atoms with van der Waals surface area (Å²) in [7, 11) is 0. The molecule has 0 amide bonds. The minimum atomic E-state index is 0.384. The van der Waals surface area contributed by atoms with Gasteiger partial charge in [0.25, 0.3) is 0 Å². The Balaban J connectivity index is 1.92. The largest absolute Gasteiger partial charge is 0.373 e. The van der Waals surface area contributed by atoms with Crippen LogP contribution in [0.4, 0.5) is 5.69 Å². The van der Waals surface area contributed by atoms with Crippen molar-refractivity contribution in [3.8, 4) is 0 Å². The highest BCUT2D eigenvalue weighted by atomic mass is 79.9. The van der Waals surface area contributed by atoms with Crippen molar-refractivity contribution in [2.24, 2.45) is 0 Å². The van der Waals surface area contributed by atoms with Gasteiger partial charge in [0.15, 0.2) is 0 Å². The third-order valence-electron chi connectivity index (χ3n) is 3.19. The molecule has 3 nitrogen and oxygen atoms in total. The average Bonchev–Trinajstić information content (AvgIpc) is 3.18. The zero-order chi connectivity index (χ0) is 12.7. The number of anilines is 1. The third kappa shape index (κ3) is 3.10. The van der Waals surface area contributed by atoms with Crippen LogP contribution in [0.2, 0.25) is 0 Å². The molecule has 0 aromatic heterocycles. The normalized spacial score (nSPS) is 25.1. The lowest BCUT2D eigenvalue weighted by Gasteiger charge is -2.16. The molecule has 0 aliphatic carbocycles. The Kier molecular flexibility index (Phi) is 4.01. The topological polar surface area (TPSA) is 28.3 Å². The van der Waals surface area contributed by atoms with E-state index in [0.717, 1.165) is 36.2 Å². The Labute approximate surface area is 132 Å². The predicted octanol–water partition coefficient (Wildman–Crippen LogP) is 3.76. The van der Waals surface area contributed by atoms with E-state index < -0.39 is 0 Å². The molecule has 1 aromatic carbocycles. The van der Waals surface area contributed by atoms with Gasteiger partial charge in [-0.25, -0.2) is 2.95 Å². The van der Waals surface area contributed by atoms with Crippen LogP contribution in [0.5, 0.6) is 0 Å². The van der Waals surface area contributed by atoms with Crippen molar-refractivity contribution >= 4 is 53.9 Å². The van der Waals surface area contributed by atoms with Crippen LogP contribution in [0.25, 0.3) is 0 Å². The van der Waals surface area contributed by atoms with Crippen LogP contribution >= 0.6 is 48.2 Å². The molecule has 2 saturated heterocycles. The van der Waals surface area contributed by atoms with E-state index in [2.05, 4.69) is 60.4 Å². The van der Waals surface area contributed by atoms with Crippen LogP contribution in [0.15, 0.2) is 16.6 Å². The summed E-state index contributed by atoms with van der Waals surface area (Å²) in [6.45, 7) is 1.77. The molecule has 98 valence electrons. The first-order chi connectivity index (χ1) is 8.65. The van der Waals surface area contributed by atoms with Crippen molar-refractivity contribution in [2.45, 2.75) is 25.0 Å². The number of hydrogen-bond donors (Lipinski definition) is 0. The van der Waals surface area contributed by atoms with Gasteiger partial charge in [-0.1, -0.05) is 6.07 Å². The Morgan fingerprint density at radius 2 is 1.72 bits per heavy atom. The molecular weight excluding hydrogens is 430 g/mol. The smallest absolute Gasteiger partial charge is 0.0850 e. The molecule has 3 rings (SSSR count). The van der Waals surface area contributed by atoms with Crippen LogP contribution in [0, 0.1) is 0 Å². The molecular formula is C12H12Br3NO2. The minimum Gasteiger partial charge on any atom is -0.373 e. The van der Waals surface area contributed by atoms with E-state index in [9.17, 15) is 0 Å². The molecule has 2 fully saturated rings. The number of ether oxygens (including phenoxy) is 2. The lowest BCUT2D eigenvalue weighted by atomic mass is 9.98. The van der Waals surface area contributed by atoms with E-state index in [1.54, 1.807) is 2.95 Å².